The highest BCUT2D eigenvalue weighted by Crippen LogP contribution is 2.45. The highest BCUT2D eigenvalue weighted by atomic mass is 35.5. The Morgan fingerprint density at radius 2 is 2.12 bits per heavy atom. The largest absolute Gasteiger partial charge is 0.455 e. The van der Waals surface area contributed by atoms with Crippen molar-refractivity contribution in [3.8, 4) is 17.4 Å². The molecule has 0 fully saturated rings. The van der Waals surface area contributed by atoms with Gasteiger partial charge in [0, 0.05) is 22.6 Å². The molecule has 0 saturated heterocycles. The zero-order valence-corrected chi connectivity index (χ0v) is 19.6. The van der Waals surface area contributed by atoms with Crippen LogP contribution in [-0.4, -0.2) is 11.1 Å². The van der Waals surface area contributed by atoms with E-state index in [0.717, 1.165) is 24.8 Å². The summed E-state index contributed by atoms with van der Waals surface area (Å²) in [5.74, 6) is 1.48. The van der Waals surface area contributed by atoms with Crippen LogP contribution in [0.2, 0.25) is 5.02 Å². The molecule has 2 heterocycles. The first-order valence-corrected chi connectivity index (χ1v) is 11.5. The molecule has 1 aromatic carbocycles. The maximum atomic E-state index is 11.1. The van der Waals surface area contributed by atoms with Crippen molar-refractivity contribution in [1.29, 1.82) is 5.26 Å². The lowest BCUT2D eigenvalue weighted by Gasteiger charge is -2.33. The molecule has 1 aliphatic carbocycles. The van der Waals surface area contributed by atoms with E-state index in [1.54, 1.807) is 29.7 Å². The zero-order valence-electron chi connectivity index (χ0n) is 18.0. The highest BCUT2D eigenvalue weighted by molar-refractivity contribution is 7.16. The molecule has 164 valence electrons. The minimum atomic E-state index is -0.475. The molecular formula is C24H22ClN3O3S. The summed E-state index contributed by atoms with van der Waals surface area (Å²) >= 11 is 7.79. The molecule has 0 aliphatic heterocycles. The first-order chi connectivity index (χ1) is 15.2. The molecule has 1 aliphatic rings. The predicted molar refractivity (Wildman–Crippen MR) is 127 cm³/mol. The lowest BCUT2D eigenvalue weighted by molar-refractivity contribution is -0.384. The fourth-order valence-electron chi connectivity index (χ4n) is 4.02. The molecule has 0 unspecified atom stereocenters. The summed E-state index contributed by atoms with van der Waals surface area (Å²) in [6.07, 6.45) is 4.54. The fourth-order valence-corrected chi connectivity index (χ4v) is 5.45. The number of nitriles is 1. The summed E-state index contributed by atoms with van der Waals surface area (Å²) < 4.78 is 5.81. The zero-order chi connectivity index (χ0) is 23.0. The van der Waals surface area contributed by atoms with Gasteiger partial charge in [0.05, 0.1) is 21.7 Å². The van der Waals surface area contributed by atoms with E-state index in [-0.39, 0.29) is 11.1 Å². The number of non-ortho nitro benzene ring substituents is 1. The summed E-state index contributed by atoms with van der Waals surface area (Å²) in [6.45, 7) is 6.80. The monoisotopic (exact) mass is 467 g/mol. The summed E-state index contributed by atoms with van der Waals surface area (Å²) in [7, 11) is 0. The van der Waals surface area contributed by atoms with Gasteiger partial charge in [-0.3, -0.25) is 10.1 Å². The van der Waals surface area contributed by atoms with Crippen molar-refractivity contribution in [2.75, 3.05) is 0 Å². The second-order valence-corrected chi connectivity index (χ2v) is 10.5. The van der Waals surface area contributed by atoms with Gasteiger partial charge in [0.25, 0.3) is 5.69 Å². The smallest absolute Gasteiger partial charge is 0.270 e. The Morgan fingerprint density at radius 3 is 2.81 bits per heavy atom. The third-order valence-electron chi connectivity index (χ3n) is 5.95. The molecule has 0 bridgehead atoms. The Morgan fingerprint density at radius 1 is 1.34 bits per heavy atom. The second-order valence-electron chi connectivity index (χ2n) is 8.98. The minimum absolute atomic E-state index is 0.0626. The number of thiophene rings is 1. The van der Waals surface area contributed by atoms with E-state index in [9.17, 15) is 15.4 Å². The topological polar surface area (TPSA) is 92.4 Å². The summed E-state index contributed by atoms with van der Waals surface area (Å²) in [6, 6.07) is 9.97. The van der Waals surface area contributed by atoms with Gasteiger partial charge in [0.2, 0.25) is 0 Å². The summed E-state index contributed by atoms with van der Waals surface area (Å²) in [5.41, 5.74) is 2.40. The Bertz CT molecular complexity index is 1260. The number of benzene rings is 1. The molecule has 8 heteroatoms. The van der Waals surface area contributed by atoms with Gasteiger partial charge in [-0.15, -0.1) is 11.3 Å². The number of rotatable bonds is 4. The number of nitro benzene ring substituents is 1. The van der Waals surface area contributed by atoms with Gasteiger partial charge in [0.15, 0.2) is 0 Å². The molecule has 32 heavy (non-hydrogen) atoms. The maximum absolute atomic E-state index is 11.1. The number of halogens is 1. The number of nitrogens with zero attached hydrogens (tertiary/aromatic N) is 3. The minimum Gasteiger partial charge on any atom is -0.455 e. The maximum Gasteiger partial charge on any atom is 0.270 e. The molecule has 0 amide bonds. The van der Waals surface area contributed by atoms with Gasteiger partial charge in [-0.1, -0.05) is 32.4 Å². The van der Waals surface area contributed by atoms with Crippen LogP contribution in [0.5, 0.6) is 0 Å². The number of fused-ring (bicyclic) bond motifs is 1. The van der Waals surface area contributed by atoms with E-state index in [0.29, 0.717) is 38.6 Å². The second kappa shape index (κ2) is 8.53. The average molecular weight is 468 g/mol. The first kappa shape index (κ1) is 22.3. The van der Waals surface area contributed by atoms with Crippen molar-refractivity contribution in [3.05, 3.63) is 67.2 Å². The number of hydrogen-bond donors (Lipinski definition) is 0. The van der Waals surface area contributed by atoms with E-state index in [4.69, 9.17) is 16.0 Å². The Balaban J connectivity index is 1.60. The van der Waals surface area contributed by atoms with E-state index >= 15 is 0 Å². The molecule has 0 spiro atoms. The first-order valence-electron chi connectivity index (χ1n) is 10.3. The SMILES string of the molecule is CC(C)(C)[C@@H]1CCc2c(sc(N=Cc3ccc(-c4cc([N+](=O)[O-])ccc4Cl)o3)c2C#N)C1. The van der Waals surface area contributed by atoms with Crippen molar-refractivity contribution in [2.45, 2.75) is 40.0 Å². The van der Waals surface area contributed by atoms with Crippen molar-refractivity contribution < 1.29 is 9.34 Å². The standard InChI is InChI=1S/C24H22ClN3O3S/c1-24(2,3)14-4-7-17-19(12-26)23(32-22(17)10-14)27-13-16-6-9-21(31-16)18-11-15(28(29)30)5-8-20(18)25/h5-6,8-9,11,13-14H,4,7,10H2,1-3H3/t14-/m1/s1. The van der Waals surface area contributed by atoms with Crippen LogP contribution in [0.1, 0.15) is 49.0 Å². The number of nitro groups is 1. The normalized spacial score (nSPS) is 16.2. The van der Waals surface area contributed by atoms with Gasteiger partial charge in [-0.25, -0.2) is 4.99 Å². The molecule has 0 saturated carbocycles. The Hall–Kier alpha value is -2.95. The molecule has 1 atom stereocenters. The molecule has 6 nitrogen and oxygen atoms in total. The fraction of sp³-hybridized carbons (Fsp3) is 0.333. The Labute approximate surface area is 195 Å². The van der Waals surface area contributed by atoms with Gasteiger partial charge in [-0.05, 0) is 54.4 Å². The lowest BCUT2D eigenvalue weighted by atomic mass is 9.72. The number of furan rings is 1. The van der Waals surface area contributed by atoms with Crippen molar-refractivity contribution in [2.24, 2.45) is 16.3 Å². The van der Waals surface area contributed by atoms with Crippen LogP contribution in [0, 0.1) is 32.8 Å². The van der Waals surface area contributed by atoms with Crippen molar-refractivity contribution >= 4 is 39.8 Å². The summed E-state index contributed by atoms with van der Waals surface area (Å²) in [4.78, 5) is 16.4. The van der Waals surface area contributed by atoms with E-state index < -0.39 is 4.92 Å². The van der Waals surface area contributed by atoms with Gasteiger partial charge in [-0.2, -0.15) is 5.26 Å². The van der Waals surface area contributed by atoms with Gasteiger partial charge < -0.3 is 4.42 Å². The van der Waals surface area contributed by atoms with Crippen LogP contribution < -0.4 is 0 Å². The molecule has 0 radical (unpaired) electrons. The molecule has 4 rings (SSSR count). The number of hydrogen-bond acceptors (Lipinski definition) is 6. The van der Waals surface area contributed by atoms with Crippen LogP contribution in [0.15, 0.2) is 39.7 Å². The summed E-state index contributed by atoms with van der Waals surface area (Å²) in [5, 5.41) is 21.8. The van der Waals surface area contributed by atoms with E-state index in [1.807, 2.05) is 0 Å². The van der Waals surface area contributed by atoms with Crippen LogP contribution >= 0.6 is 22.9 Å². The van der Waals surface area contributed by atoms with E-state index in [1.165, 1.54) is 23.1 Å². The third kappa shape index (κ3) is 4.34. The molecular weight excluding hydrogens is 446 g/mol. The van der Waals surface area contributed by atoms with Crippen LogP contribution in [0.3, 0.4) is 0 Å². The quantitative estimate of drug-likeness (QED) is 0.228. The van der Waals surface area contributed by atoms with Gasteiger partial charge >= 0.3 is 0 Å². The molecule has 3 aromatic rings. The number of aliphatic imine (C=N–C) groups is 1. The van der Waals surface area contributed by atoms with Gasteiger partial charge in [0.1, 0.15) is 22.6 Å². The van der Waals surface area contributed by atoms with E-state index in [2.05, 4.69) is 31.8 Å². The Kier molecular flexibility index (Phi) is 5.93. The average Bonchev–Trinajstić information content (AvgIpc) is 3.35. The predicted octanol–water partition coefficient (Wildman–Crippen LogP) is 7.34. The van der Waals surface area contributed by atoms with Crippen molar-refractivity contribution in [3.63, 3.8) is 0 Å². The molecule has 2 aromatic heterocycles. The van der Waals surface area contributed by atoms with Crippen molar-refractivity contribution in [1.82, 2.24) is 0 Å². The van der Waals surface area contributed by atoms with Crippen LogP contribution in [0.25, 0.3) is 11.3 Å². The highest BCUT2D eigenvalue weighted by Gasteiger charge is 2.32. The van der Waals surface area contributed by atoms with Crippen LogP contribution in [0.4, 0.5) is 10.7 Å². The third-order valence-corrected chi connectivity index (χ3v) is 7.44. The lowest BCUT2D eigenvalue weighted by Crippen LogP contribution is -2.26. The molecule has 0 N–H and O–H groups in total. The van der Waals surface area contributed by atoms with Crippen LogP contribution in [-0.2, 0) is 12.8 Å².